The molecule has 5 nitrogen and oxygen atoms in total. The van der Waals surface area contributed by atoms with E-state index < -0.39 is 17.6 Å². The normalized spacial score (nSPS) is 11.3. The molecule has 0 aliphatic rings. The Morgan fingerprint density at radius 1 is 1.30 bits per heavy atom. The number of benzene rings is 2. The van der Waals surface area contributed by atoms with Gasteiger partial charge in [0.1, 0.15) is 17.2 Å². The van der Waals surface area contributed by atoms with Crippen LogP contribution in [-0.2, 0) is 17.7 Å². The lowest BCUT2D eigenvalue weighted by Gasteiger charge is -2.10. The van der Waals surface area contributed by atoms with Crippen LogP contribution in [0.3, 0.4) is 0 Å². The molecule has 1 heterocycles. The summed E-state index contributed by atoms with van der Waals surface area (Å²) in [5.74, 6) is -2.04. The number of hydrogen-bond donors (Lipinski definition) is 1. The first-order valence-electron chi connectivity index (χ1n) is 7.86. The molecule has 1 N–H and O–H groups in total. The van der Waals surface area contributed by atoms with Crippen molar-refractivity contribution in [3.63, 3.8) is 0 Å². The van der Waals surface area contributed by atoms with Crippen LogP contribution in [0, 0.1) is 11.6 Å². The van der Waals surface area contributed by atoms with Crippen molar-refractivity contribution in [1.29, 1.82) is 0 Å². The van der Waals surface area contributed by atoms with E-state index >= 15 is 0 Å². The average Bonchev–Trinajstić information content (AvgIpc) is 2.95. The largest absolute Gasteiger partial charge is 0.478 e. The van der Waals surface area contributed by atoms with Gasteiger partial charge in [0.25, 0.3) is 0 Å². The second kappa shape index (κ2) is 7.92. The summed E-state index contributed by atoms with van der Waals surface area (Å²) in [6.07, 6.45) is 0.142. The lowest BCUT2D eigenvalue weighted by atomic mass is 10.1. The summed E-state index contributed by atoms with van der Waals surface area (Å²) in [6.45, 7) is 0.626. The van der Waals surface area contributed by atoms with Gasteiger partial charge in [0.2, 0.25) is 0 Å². The van der Waals surface area contributed by atoms with Crippen molar-refractivity contribution < 1.29 is 23.4 Å². The highest BCUT2D eigenvalue weighted by atomic mass is 79.9. The van der Waals surface area contributed by atoms with E-state index in [2.05, 4.69) is 20.9 Å². The number of aromatic carboxylic acids is 1. The van der Waals surface area contributed by atoms with Gasteiger partial charge in [-0.15, -0.1) is 0 Å². The van der Waals surface area contributed by atoms with Crippen LogP contribution in [0.2, 0.25) is 5.02 Å². The van der Waals surface area contributed by atoms with E-state index in [4.69, 9.17) is 16.3 Å². The van der Waals surface area contributed by atoms with Crippen LogP contribution < -0.4 is 0 Å². The van der Waals surface area contributed by atoms with E-state index in [1.165, 1.54) is 25.3 Å². The second-order valence-corrected chi connectivity index (χ2v) is 7.10. The average molecular weight is 460 g/mol. The number of fused-ring (bicyclic) bond motifs is 1. The summed E-state index contributed by atoms with van der Waals surface area (Å²) < 4.78 is 35.3. The predicted octanol–water partition coefficient (Wildman–Crippen LogP) is 4.67. The zero-order chi connectivity index (χ0) is 19.7. The molecule has 3 aromatic rings. The van der Waals surface area contributed by atoms with Gasteiger partial charge < -0.3 is 14.4 Å². The smallest absolute Gasteiger partial charge is 0.335 e. The molecule has 9 heteroatoms. The first-order chi connectivity index (χ1) is 12.8. The Morgan fingerprint density at radius 2 is 2.04 bits per heavy atom. The van der Waals surface area contributed by atoms with Crippen molar-refractivity contribution in [2.45, 2.75) is 13.0 Å². The number of halogens is 4. The minimum absolute atomic E-state index is 0.0415. The van der Waals surface area contributed by atoms with E-state index in [0.717, 1.165) is 6.07 Å². The molecule has 2 aromatic carbocycles. The van der Waals surface area contributed by atoms with E-state index in [0.29, 0.717) is 35.1 Å². The number of hydrogen-bond acceptors (Lipinski definition) is 3. The summed E-state index contributed by atoms with van der Waals surface area (Å²) in [7, 11) is 1.52. The molecule has 0 spiro atoms. The van der Waals surface area contributed by atoms with Gasteiger partial charge in [0.15, 0.2) is 5.82 Å². The SMILES string of the molecule is COCCn1c(Cc2cc(F)c(Br)cc2Cl)nc2c(F)cc(C(=O)O)cc21. The molecule has 0 saturated carbocycles. The number of methoxy groups -OCH3 is 1. The minimum Gasteiger partial charge on any atom is -0.478 e. The third-order valence-corrected chi connectivity index (χ3v) is 5.05. The molecule has 0 atom stereocenters. The highest BCUT2D eigenvalue weighted by Crippen LogP contribution is 2.28. The fraction of sp³-hybridized carbons (Fsp3) is 0.222. The number of rotatable bonds is 6. The maximum Gasteiger partial charge on any atom is 0.335 e. The van der Waals surface area contributed by atoms with Crippen molar-refractivity contribution in [1.82, 2.24) is 9.55 Å². The second-order valence-electron chi connectivity index (χ2n) is 5.84. The molecule has 0 unspecified atom stereocenters. The number of ether oxygens (including phenoxy) is 1. The van der Waals surface area contributed by atoms with Gasteiger partial charge in [-0.3, -0.25) is 0 Å². The van der Waals surface area contributed by atoms with Crippen LogP contribution in [0.25, 0.3) is 11.0 Å². The Labute approximate surface area is 166 Å². The Kier molecular flexibility index (Phi) is 5.78. The molecular formula is C18H14BrClF2N2O3. The number of imidazole rings is 1. The van der Waals surface area contributed by atoms with Crippen molar-refractivity contribution in [3.05, 3.63) is 62.3 Å². The molecule has 0 fully saturated rings. The van der Waals surface area contributed by atoms with Crippen molar-refractivity contribution in [2.75, 3.05) is 13.7 Å². The van der Waals surface area contributed by atoms with Crippen LogP contribution in [0.1, 0.15) is 21.7 Å². The molecule has 0 aliphatic carbocycles. The van der Waals surface area contributed by atoms with Crippen molar-refractivity contribution in [3.8, 4) is 0 Å². The van der Waals surface area contributed by atoms with Crippen LogP contribution in [0.5, 0.6) is 0 Å². The number of carboxylic acids is 1. The van der Waals surface area contributed by atoms with Gasteiger partial charge >= 0.3 is 5.97 Å². The Bertz CT molecular complexity index is 1040. The van der Waals surface area contributed by atoms with E-state index in [9.17, 15) is 18.7 Å². The maximum atomic E-state index is 14.4. The fourth-order valence-electron chi connectivity index (χ4n) is 2.79. The maximum absolute atomic E-state index is 14.4. The topological polar surface area (TPSA) is 64.4 Å². The first-order valence-corrected chi connectivity index (χ1v) is 9.03. The monoisotopic (exact) mass is 458 g/mol. The molecule has 0 radical (unpaired) electrons. The summed E-state index contributed by atoms with van der Waals surface area (Å²) in [5.41, 5.74) is 0.663. The molecule has 0 saturated heterocycles. The number of carboxylic acid groups (broad SMARTS) is 1. The lowest BCUT2D eigenvalue weighted by Crippen LogP contribution is -2.09. The zero-order valence-electron chi connectivity index (χ0n) is 14.1. The minimum atomic E-state index is -1.24. The van der Waals surface area contributed by atoms with Crippen LogP contribution in [-0.4, -0.2) is 34.3 Å². The first kappa shape index (κ1) is 19.7. The van der Waals surface area contributed by atoms with E-state index in [1.54, 1.807) is 4.57 Å². The highest BCUT2D eigenvalue weighted by Gasteiger charge is 2.19. The van der Waals surface area contributed by atoms with Crippen molar-refractivity contribution >= 4 is 44.5 Å². The van der Waals surface area contributed by atoms with Gasteiger partial charge in [-0.25, -0.2) is 18.6 Å². The van der Waals surface area contributed by atoms with Crippen LogP contribution in [0.4, 0.5) is 8.78 Å². The number of aromatic nitrogens is 2. The van der Waals surface area contributed by atoms with Gasteiger partial charge in [-0.1, -0.05) is 11.6 Å². The van der Waals surface area contributed by atoms with Crippen LogP contribution in [0.15, 0.2) is 28.7 Å². The third kappa shape index (κ3) is 3.97. The Hall–Kier alpha value is -2.03. The lowest BCUT2D eigenvalue weighted by molar-refractivity contribution is 0.0696. The predicted molar refractivity (Wildman–Crippen MR) is 100 cm³/mol. The number of nitrogens with zero attached hydrogens (tertiary/aromatic N) is 2. The molecule has 27 heavy (non-hydrogen) atoms. The summed E-state index contributed by atoms with van der Waals surface area (Å²) in [4.78, 5) is 15.6. The molecule has 1 aromatic heterocycles. The van der Waals surface area contributed by atoms with Gasteiger partial charge in [-0.05, 0) is 45.8 Å². The standard InChI is InChI=1S/C18H14BrClF2N2O3/c1-27-3-2-24-15-6-10(18(25)26)5-14(22)17(15)23-16(24)7-9-4-13(21)11(19)8-12(9)20/h4-6,8H,2-3,7H2,1H3,(H,25,26). The molecule has 142 valence electrons. The van der Waals surface area contributed by atoms with Gasteiger partial charge in [0.05, 0.1) is 22.2 Å². The van der Waals surface area contributed by atoms with Crippen LogP contribution >= 0.6 is 27.5 Å². The third-order valence-electron chi connectivity index (χ3n) is 4.09. The molecule has 0 bridgehead atoms. The Balaban J connectivity index is 2.15. The van der Waals surface area contributed by atoms with E-state index in [1.807, 2.05) is 0 Å². The highest BCUT2D eigenvalue weighted by molar-refractivity contribution is 9.10. The summed E-state index contributed by atoms with van der Waals surface area (Å²) in [5, 5.41) is 9.52. The molecule has 0 amide bonds. The van der Waals surface area contributed by atoms with Crippen molar-refractivity contribution in [2.24, 2.45) is 0 Å². The van der Waals surface area contributed by atoms with Gasteiger partial charge in [0, 0.05) is 25.1 Å². The molecule has 3 rings (SSSR count). The summed E-state index contributed by atoms with van der Waals surface area (Å²) in [6, 6.07) is 5.01. The molecular weight excluding hydrogens is 446 g/mol. The quantitative estimate of drug-likeness (QED) is 0.544. The summed E-state index contributed by atoms with van der Waals surface area (Å²) >= 11 is 9.27. The molecule has 0 aliphatic heterocycles. The fourth-order valence-corrected chi connectivity index (χ4v) is 3.50. The zero-order valence-corrected chi connectivity index (χ0v) is 16.4. The Morgan fingerprint density at radius 3 is 2.70 bits per heavy atom. The van der Waals surface area contributed by atoms with E-state index in [-0.39, 0.29) is 22.0 Å². The number of carbonyl (C=O) groups is 1. The van der Waals surface area contributed by atoms with Gasteiger partial charge in [-0.2, -0.15) is 0 Å².